The topological polar surface area (TPSA) is 106 Å². The zero-order valence-electron chi connectivity index (χ0n) is 18.4. The van der Waals surface area contributed by atoms with Gasteiger partial charge in [-0.1, -0.05) is 11.6 Å². The quantitative estimate of drug-likeness (QED) is 0.456. The summed E-state index contributed by atoms with van der Waals surface area (Å²) < 4.78 is 17.0. The van der Waals surface area contributed by atoms with Crippen LogP contribution in [0.15, 0.2) is 34.5 Å². The predicted molar refractivity (Wildman–Crippen MR) is 118 cm³/mol. The number of hydrogen-bond donors (Lipinski definition) is 2. The largest absolute Gasteiger partial charge is 0.493 e. The van der Waals surface area contributed by atoms with Gasteiger partial charge in [-0.2, -0.15) is 0 Å². The maximum atomic E-state index is 12.8. The molecule has 3 aromatic rings. The summed E-state index contributed by atoms with van der Waals surface area (Å²) in [5, 5.41) is 18.9. The van der Waals surface area contributed by atoms with Gasteiger partial charge in [-0.05, 0) is 58.4 Å². The van der Waals surface area contributed by atoms with E-state index in [9.17, 15) is 9.90 Å². The average Bonchev–Trinajstić information content (AvgIpc) is 3.04. The van der Waals surface area contributed by atoms with E-state index in [1.807, 2.05) is 46.8 Å². The minimum atomic E-state index is -0.594. The van der Waals surface area contributed by atoms with Gasteiger partial charge in [0.1, 0.15) is 0 Å². The first-order chi connectivity index (χ1) is 14.9. The summed E-state index contributed by atoms with van der Waals surface area (Å²) in [6.45, 7) is 10.6. The Labute approximate surface area is 180 Å². The van der Waals surface area contributed by atoms with Gasteiger partial charge in [-0.15, -0.1) is 10.2 Å². The number of carbonyl (C=O) groups is 1. The lowest BCUT2D eigenvalue weighted by molar-refractivity contribution is 0.0994. The van der Waals surface area contributed by atoms with Crippen LogP contribution in [0.2, 0.25) is 0 Å². The van der Waals surface area contributed by atoms with E-state index < -0.39 is 5.91 Å². The first-order valence-corrected chi connectivity index (χ1v) is 10.2. The average molecular weight is 425 g/mol. The molecule has 0 aliphatic rings. The van der Waals surface area contributed by atoms with Crippen LogP contribution in [-0.4, -0.2) is 35.8 Å². The van der Waals surface area contributed by atoms with Gasteiger partial charge in [0.25, 0.3) is 5.91 Å². The molecular formula is C23H27N3O5. The molecule has 3 rings (SSSR count). The third kappa shape index (κ3) is 4.63. The lowest BCUT2D eigenvalue weighted by Crippen LogP contribution is -2.05. The zero-order chi connectivity index (χ0) is 22.5. The molecule has 0 spiro atoms. The van der Waals surface area contributed by atoms with Crippen molar-refractivity contribution < 1.29 is 24.1 Å². The molecule has 0 unspecified atom stereocenters. The number of carbonyl (C=O) groups excluding carboxylic acids is 1. The number of aryl methyl sites for hydroxylation is 2. The number of nitrogens with one attached hydrogen (secondary N) is 1. The van der Waals surface area contributed by atoms with E-state index in [1.165, 1.54) is 0 Å². The van der Waals surface area contributed by atoms with Crippen LogP contribution in [-0.2, 0) is 0 Å². The first kappa shape index (κ1) is 22.1. The Hall–Kier alpha value is -3.55. The van der Waals surface area contributed by atoms with Gasteiger partial charge < -0.3 is 24.3 Å². The first-order valence-electron chi connectivity index (χ1n) is 10.2. The lowest BCUT2D eigenvalue weighted by Gasteiger charge is -2.16. The monoisotopic (exact) mass is 425 g/mol. The number of rotatable bonds is 8. The van der Waals surface area contributed by atoms with Gasteiger partial charge in [0, 0.05) is 5.39 Å². The Kier molecular flexibility index (Phi) is 6.79. The van der Waals surface area contributed by atoms with Crippen molar-refractivity contribution in [3.63, 3.8) is 0 Å². The highest BCUT2D eigenvalue weighted by molar-refractivity contribution is 5.98. The van der Waals surface area contributed by atoms with Crippen LogP contribution in [0.3, 0.4) is 0 Å². The van der Waals surface area contributed by atoms with Gasteiger partial charge >= 0.3 is 0 Å². The van der Waals surface area contributed by atoms with E-state index in [1.54, 1.807) is 12.1 Å². The van der Waals surface area contributed by atoms with Crippen molar-refractivity contribution in [2.75, 3.05) is 19.8 Å². The number of azo groups is 1. The van der Waals surface area contributed by atoms with Crippen LogP contribution in [0.25, 0.3) is 10.9 Å². The molecule has 1 aromatic heterocycles. The molecule has 2 N–H and O–H groups in total. The molecule has 2 aromatic carbocycles. The number of aromatic hydroxyl groups is 1. The Morgan fingerprint density at radius 2 is 1.58 bits per heavy atom. The predicted octanol–water partition coefficient (Wildman–Crippen LogP) is 5.61. The number of aromatic amines is 1. The molecule has 0 saturated heterocycles. The highest BCUT2D eigenvalue weighted by Crippen LogP contribution is 2.40. The number of aromatic nitrogens is 1. The van der Waals surface area contributed by atoms with Crippen molar-refractivity contribution in [3.05, 3.63) is 41.0 Å². The van der Waals surface area contributed by atoms with Crippen LogP contribution < -0.4 is 14.2 Å². The summed E-state index contributed by atoms with van der Waals surface area (Å²) in [6.07, 6.45) is 0. The van der Waals surface area contributed by atoms with Crippen molar-refractivity contribution in [1.29, 1.82) is 0 Å². The van der Waals surface area contributed by atoms with Crippen LogP contribution in [0, 0.1) is 13.8 Å². The summed E-state index contributed by atoms with van der Waals surface area (Å²) in [4.78, 5) is 15.7. The molecule has 1 amide bonds. The van der Waals surface area contributed by atoms with Crippen LogP contribution in [0.1, 0.15) is 42.3 Å². The summed E-state index contributed by atoms with van der Waals surface area (Å²) in [5.74, 6) is 0.505. The van der Waals surface area contributed by atoms with Gasteiger partial charge in [0.2, 0.25) is 11.6 Å². The Morgan fingerprint density at radius 3 is 2.16 bits per heavy atom. The molecule has 31 heavy (non-hydrogen) atoms. The number of benzene rings is 2. The SMILES string of the molecule is CCOc1cc(C(=O)N=Nc2c(O)[nH]c3c(C)cc(C)cc23)cc(OCC)c1OCC. The molecule has 0 aliphatic carbocycles. The van der Waals surface area contributed by atoms with Gasteiger partial charge in [-0.3, -0.25) is 4.79 Å². The lowest BCUT2D eigenvalue weighted by atomic mass is 10.1. The van der Waals surface area contributed by atoms with Crippen LogP contribution in [0.4, 0.5) is 5.69 Å². The van der Waals surface area contributed by atoms with Crippen molar-refractivity contribution in [3.8, 4) is 23.1 Å². The minimum absolute atomic E-state index is 0.142. The fourth-order valence-corrected chi connectivity index (χ4v) is 3.39. The molecule has 0 saturated carbocycles. The molecule has 0 bridgehead atoms. The van der Waals surface area contributed by atoms with Crippen molar-refractivity contribution >= 4 is 22.5 Å². The number of ether oxygens (including phenoxy) is 3. The van der Waals surface area contributed by atoms with Gasteiger partial charge in [-0.25, -0.2) is 0 Å². The van der Waals surface area contributed by atoms with Crippen LogP contribution in [0.5, 0.6) is 23.1 Å². The zero-order valence-corrected chi connectivity index (χ0v) is 18.4. The highest BCUT2D eigenvalue weighted by atomic mass is 16.5. The second kappa shape index (κ2) is 9.51. The number of fused-ring (bicyclic) bond motifs is 1. The number of hydrogen-bond acceptors (Lipinski definition) is 6. The van der Waals surface area contributed by atoms with E-state index in [2.05, 4.69) is 15.2 Å². The summed E-state index contributed by atoms with van der Waals surface area (Å²) in [7, 11) is 0. The van der Waals surface area contributed by atoms with E-state index in [4.69, 9.17) is 14.2 Å². The fourth-order valence-electron chi connectivity index (χ4n) is 3.39. The summed E-state index contributed by atoms with van der Waals surface area (Å²) in [5.41, 5.74) is 3.19. The van der Waals surface area contributed by atoms with E-state index >= 15 is 0 Å². The van der Waals surface area contributed by atoms with E-state index in [0.717, 1.165) is 16.6 Å². The van der Waals surface area contributed by atoms with Crippen molar-refractivity contribution in [2.45, 2.75) is 34.6 Å². The maximum absolute atomic E-state index is 12.8. The fraction of sp³-hybridized carbons (Fsp3) is 0.348. The van der Waals surface area contributed by atoms with Crippen molar-refractivity contribution in [1.82, 2.24) is 4.98 Å². The smallest absolute Gasteiger partial charge is 0.295 e. The molecular weight excluding hydrogens is 398 g/mol. The number of amides is 1. The normalized spacial score (nSPS) is 11.3. The Bertz CT molecular complexity index is 1110. The number of nitrogens with zero attached hydrogens (tertiary/aromatic N) is 2. The summed E-state index contributed by atoms with van der Waals surface area (Å²) >= 11 is 0. The van der Waals surface area contributed by atoms with Crippen LogP contribution >= 0.6 is 0 Å². The second-order valence-electron chi connectivity index (χ2n) is 6.93. The molecule has 0 radical (unpaired) electrons. The molecule has 0 aliphatic heterocycles. The van der Waals surface area contributed by atoms with Crippen molar-refractivity contribution in [2.24, 2.45) is 10.2 Å². The Morgan fingerprint density at radius 1 is 0.968 bits per heavy atom. The molecule has 164 valence electrons. The highest BCUT2D eigenvalue weighted by Gasteiger charge is 2.19. The third-order valence-corrected chi connectivity index (χ3v) is 4.60. The second-order valence-corrected chi connectivity index (χ2v) is 6.93. The standard InChI is InChI=1S/C23H27N3O5/c1-6-29-17-11-15(12-18(30-7-2)21(17)31-8-3)22(27)26-25-20-16-10-13(4)9-14(5)19(16)24-23(20)28/h9-12,24,28H,6-8H2,1-5H3. The third-order valence-electron chi connectivity index (χ3n) is 4.60. The molecule has 8 heteroatoms. The molecule has 8 nitrogen and oxygen atoms in total. The van der Waals surface area contributed by atoms with Gasteiger partial charge in [0.05, 0.1) is 30.9 Å². The summed E-state index contributed by atoms with van der Waals surface area (Å²) in [6, 6.07) is 6.99. The number of H-pyrrole nitrogens is 1. The molecule has 0 fully saturated rings. The molecule has 0 atom stereocenters. The molecule has 1 heterocycles. The minimum Gasteiger partial charge on any atom is -0.493 e. The Balaban J connectivity index is 2.01. The van der Waals surface area contributed by atoms with Gasteiger partial charge in [0.15, 0.2) is 17.2 Å². The van der Waals surface area contributed by atoms with E-state index in [0.29, 0.717) is 42.5 Å². The maximum Gasteiger partial charge on any atom is 0.295 e. The van der Waals surface area contributed by atoms with E-state index in [-0.39, 0.29) is 17.1 Å².